The van der Waals surface area contributed by atoms with Crippen LogP contribution in [0.4, 0.5) is 10.6 Å². The molecule has 1 aromatic rings. The van der Waals surface area contributed by atoms with Gasteiger partial charge in [0.2, 0.25) is 5.88 Å². The Labute approximate surface area is 130 Å². The van der Waals surface area contributed by atoms with Crippen LogP contribution in [0, 0.1) is 5.92 Å². The van der Waals surface area contributed by atoms with Crippen molar-refractivity contribution in [2.75, 3.05) is 25.1 Å². The van der Waals surface area contributed by atoms with E-state index in [2.05, 4.69) is 10.3 Å². The number of hydrogen-bond acceptors (Lipinski definition) is 5. The minimum atomic E-state index is -0.538. The van der Waals surface area contributed by atoms with E-state index < -0.39 is 11.7 Å². The fourth-order valence-corrected chi connectivity index (χ4v) is 2.88. The number of carbonyl (C=O) groups is 1. The van der Waals surface area contributed by atoms with Gasteiger partial charge in [0.05, 0.1) is 13.2 Å². The van der Waals surface area contributed by atoms with Crippen LogP contribution >= 0.6 is 0 Å². The monoisotopic (exact) mass is 306 g/mol. The molecular formula is C16H22N2O4. The van der Waals surface area contributed by atoms with Crippen LogP contribution in [-0.4, -0.2) is 36.5 Å². The van der Waals surface area contributed by atoms with Crippen LogP contribution in [0.15, 0.2) is 12.1 Å². The predicted octanol–water partition coefficient (Wildman–Crippen LogP) is 2.94. The third-order valence-electron chi connectivity index (χ3n) is 3.83. The predicted molar refractivity (Wildman–Crippen MR) is 81.3 cm³/mol. The van der Waals surface area contributed by atoms with E-state index >= 15 is 0 Å². The Morgan fingerprint density at radius 1 is 1.36 bits per heavy atom. The first kappa shape index (κ1) is 15.1. The van der Waals surface area contributed by atoms with Gasteiger partial charge in [0.1, 0.15) is 11.4 Å². The minimum Gasteiger partial charge on any atom is -0.477 e. The lowest BCUT2D eigenvalue weighted by Gasteiger charge is -2.36. The first-order chi connectivity index (χ1) is 10.4. The normalized spacial score (nSPS) is 23.8. The molecule has 0 aliphatic carbocycles. The topological polar surface area (TPSA) is 69.7 Å². The molecule has 2 unspecified atom stereocenters. The second-order valence-corrected chi connectivity index (χ2v) is 6.76. The quantitative estimate of drug-likeness (QED) is 0.864. The Morgan fingerprint density at radius 3 is 2.95 bits per heavy atom. The van der Waals surface area contributed by atoms with Crippen molar-refractivity contribution in [2.24, 2.45) is 5.92 Å². The van der Waals surface area contributed by atoms with Gasteiger partial charge in [-0.1, -0.05) is 0 Å². The van der Waals surface area contributed by atoms with Crippen molar-refractivity contribution in [3.8, 4) is 5.88 Å². The van der Waals surface area contributed by atoms with Gasteiger partial charge in [-0.3, -0.25) is 5.32 Å². The summed E-state index contributed by atoms with van der Waals surface area (Å²) in [5.74, 6) is 1.88. The smallest absolute Gasteiger partial charge is 0.413 e. The minimum absolute atomic E-state index is 0.396. The molecule has 1 amide bonds. The number of nitrogens with one attached hydrogen (secondary N) is 1. The standard InChI is InChI=1S/C16H22N2O4/c1-16(2,3)22-15(19)18-13-5-4-12-11-6-7-20-8-10(11)9-21-14(12)17-13/h4-5,10-11H,6-9H2,1-3H3,(H,17,18,19). The van der Waals surface area contributed by atoms with Crippen LogP contribution in [0.25, 0.3) is 0 Å². The fraction of sp³-hybridized carbons (Fsp3) is 0.625. The average Bonchev–Trinajstić information content (AvgIpc) is 2.44. The number of hydrogen-bond donors (Lipinski definition) is 1. The van der Waals surface area contributed by atoms with Crippen molar-refractivity contribution in [2.45, 2.75) is 38.7 Å². The van der Waals surface area contributed by atoms with Crippen LogP contribution in [0.5, 0.6) is 5.88 Å². The summed E-state index contributed by atoms with van der Waals surface area (Å²) in [4.78, 5) is 16.2. The van der Waals surface area contributed by atoms with Crippen LogP contribution in [0.3, 0.4) is 0 Å². The van der Waals surface area contributed by atoms with E-state index in [4.69, 9.17) is 14.2 Å². The first-order valence-electron chi connectivity index (χ1n) is 7.64. The second kappa shape index (κ2) is 5.76. The maximum atomic E-state index is 11.8. The summed E-state index contributed by atoms with van der Waals surface area (Å²) in [6, 6.07) is 3.78. The van der Waals surface area contributed by atoms with Crippen LogP contribution in [0.1, 0.15) is 38.7 Å². The molecule has 2 atom stereocenters. The third kappa shape index (κ3) is 3.32. The molecule has 2 aliphatic rings. The zero-order valence-corrected chi connectivity index (χ0v) is 13.2. The zero-order valence-electron chi connectivity index (χ0n) is 13.2. The van der Waals surface area contributed by atoms with Gasteiger partial charge < -0.3 is 14.2 Å². The Bertz CT molecular complexity index is 568. The first-order valence-corrected chi connectivity index (χ1v) is 7.64. The van der Waals surface area contributed by atoms with E-state index in [9.17, 15) is 4.79 Å². The summed E-state index contributed by atoms with van der Waals surface area (Å²) in [5, 5.41) is 2.64. The summed E-state index contributed by atoms with van der Waals surface area (Å²) in [6.07, 6.45) is 0.473. The molecule has 0 saturated carbocycles. The number of nitrogens with zero attached hydrogens (tertiary/aromatic N) is 1. The summed E-state index contributed by atoms with van der Waals surface area (Å²) in [7, 11) is 0. The lowest BCUT2D eigenvalue weighted by Crippen LogP contribution is -2.34. The van der Waals surface area contributed by atoms with Crippen molar-refractivity contribution >= 4 is 11.9 Å². The maximum Gasteiger partial charge on any atom is 0.413 e. The van der Waals surface area contributed by atoms with E-state index in [1.807, 2.05) is 26.8 Å². The van der Waals surface area contributed by atoms with Gasteiger partial charge in [0.15, 0.2) is 0 Å². The number of fused-ring (bicyclic) bond motifs is 3. The second-order valence-electron chi connectivity index (χ2n) is 6.76. The molecule has 3 heterocycles. The van der Waals surface area contributed by atoms with Crippen molar-refractivity contribution in [1.82, 2.24) is 4.98 Å². The number of ether oxygens (including phenoxy) is 3. The molecule has 6 heteroatoms. The lowest BCUT2D eigenvalue weighted by atomic mass is 9.82. The summed E-state index contributed by atoms with van der Waals surface area (Å²) in [5.41, 5.74) is 0.568. The number of carbonyl (C=O) groups excluding carboxylic acids is 1. The van der Waals surface area contributed by atoms with E-state index in [-0.39, 0.29) is 0 Å². The van der Waals surface area contributed by atoms with E-state index in [0.29, 0.717) is 30.1 Å². The number of rotatable bonds is 1. The largest absolute Gasteiger partial charge is 0.477 e. The van der Waals surface area contributed by atoms with Crippen LogP contribution in [0.2, 0.25) is 0 Å². The Hall–Kier alpha value is -1.82. The summed E-state index contributed by atoms with van der Waals surface area (Å²) in [6.45, 7) is 7.59. The molecule has 3 rings (SSSR count). The van der Waals surface area contributed by atoms with Crippen molar-refractivity contribution in [3.63, 3.8) is 0 Å². The number of amides is 1. The number of pyridine rings is 1. The van der Waals surface area contributed by atoms with E-state index in [0.717, 1.165) is 25.2 Å². The molecule has 0 bridgehead atoms. The van der Waals surface area contributed by atoms with Crippen molar-refractivity contribution in [1.29, 1.82) is 0 Å². The van der Waals surface area contributed by atoms with Crippen LogP contribution < -0.4 is 10.1 Å². The maximum absolute atomic E-state index is 11.8. The van der Waals surface area contributed by atoms with E-state index in [1.54, 1.807) is 6.07 Å². The molecule has 22 heavy (non-hydrogen) atoms. The summed E-state index contributed by atoms with van der Waals surface area (Å²) >= 11 is 0. The van der Waals surface area contributed by atoms with Crippen molar-refractivity contribution in [3.05, 3.63) is 17.7 Å². The van der Waals surface area contributed by atoms with Gasteiger partial charge in [0.25, 0.3) is 0 Å². The molecule has 1 saturated heterocycles. The van der Waals surface area contributed by atoms with Gasteiger partial charge in [-0.05, 0) is 45.2 Å². The Balaban J connectivity index is 1.73. The Kier molecular flexibility index (Phi) is 3.95. The average molecular weight is 306 g/mol. The molecule has 1 aromatic heterocycles. The van der Waals surface area contributed by atoms with Gasteiger partial charge >= 0.3 is 6.09 Å². The highest BCUT2D eigenvalue weighted by Gasteiger charge is 2.34. The fourth-order valence-electron chi connectivity index (χ4n) is 2.88. The molecule has 1 N–H and O–H groups in total. The molecule has 0 radical (unpaired) electrons. The highest BCUT2D eigenvalue weighted by molar-refractivity contribution is 5.83. The molecule has 120 valence electrons. The van der Waals surface area contributed by atoms with Gasteiger partial charge in [-0.25, -0.2) is 4.79 Å². The zero-order chi connectivity index (χ0) is 15.7. The SMILES string of the molecule is CC(C)(C)OC(=O)Nc1ccc2c(n1)OCC1COCCC21. The van der Waals surface area contributed by atoms with Crippen LogP contribution in [-0.2, 0) is 9.47 Å². The van der Waals surface area contributed by atoms with E-state index in [1.165, 1.54) is 0 Å². The highest BCUT2D eigenvalue weighted by atomic mass is 16.6. The third-order valence-corrected chi connectivity index (χ3v) is 3.83. The number of anilines is 1. The molecule has 0 aromatic carbocycles. The highest BCUT2D eigenvalue weighted by Crippen LogP contribution is 2.40. The number of aromatic nitrogens is 1. The molecule has 2 aliphatic heterocycles. The lowest BCUT2D eigenvalue weighted by molar-refractivity contribution is 0.00921. The van der Waals surface area contributed by atoms with Gasteiger partial charge in [0, 0.05) is 18.1 Å². The molecule has 1 fully saturated rings. The van der Waals surface area contributed by atoms with Gasteiger partial charge in [-0.15, -0.1) is 0 Å². The Morgan fingerprint density at radius 2 is 2.18 bits per heavy atom. The molecule has 0 spiro atoms. The van der Waals surface area contributed by atoms with Crippen molar-refractivity contribution < 1.29 is 19.0 Å². The molecular weight excluding hydrogens is 284 g/mol. The summed E-state index contributed by atoms with van der Waals surface area (Å²) < 4.78 is 16.5. The molecule has 6 nitrogen and oxygen atoms in total. The van der Waals surface area contributed by atoms with Gasteiger partial charge in [-0.2, -0.15) is 4.98 Å².